The van der Waals surface area contributed by atoms with Crippen LogP contribution >= 0.6 is 10.2 Å². The lowest BCUT2D eigenvalue weighted by atomic mass is 10.3. The molecule has 1 aliphatic rings. The lowest BCUT2D eigenvalue weighted by Crippen LogP contribution is -2.53. The SMILES string of the molecule is CC1CN(S(C)(C)C)CCN1S(C)(=O)=O. The van der Waals surface area contributed by atoms with Crippen molar-refractivity contribution in [2.24, 2.45) is 0 Å². The van der Waals surface area contributed by atoms with Crippen molar-refractivity contribution in [3.63, 3.8) is 0 Å². The maximum Gasteiger partial charge on any atom is 0.211 e. The van der Waals surface area contributed by atoms with Gasteiger partial charge in [0.15, 0.2) is 0 Å². The van der Waals surface area contributed by atoms with Crippen molar-refractivity contribution in [3.05, 3.63) is 0 Å². The van der Waals surface area contributed by atoms with E-state index in [9.17, 15) is 8.42 Å². The molecule has 0 aromatic rings. The smallest absolute Gasteiger partial charge is 0.211 e. The quantitative estimate of drug-likeness (QED) is 0.723. The molecule has 1 unspecified atom stereocenters. The summed E-state index contributed by atoms with van der Waals surface area (Å²) in [5.41, 5.74) is 0. The predicted octanol–water partition coefficient (Wildman–Crippen LogP) is 0.561. The van der Waals surface area contributed by atoms with Crippen LogP contribution in [0.15, 0.2) is 0 Å². The van der Waals surface area contributed by atoms with E-state index in [-0.39, 0.29) is 6.04 Å². The third-order valence-corrected chi connectivity index (χ3v) is 6.01. The zero-order valence-corrected chi connectivity index (χ0v) is 11.9. The van der Waals surface area contributed by atoms with Gasteiger partial charge in [0.05, 0.1) is 6.26 Å². The fourth-order valence-corrected chi connectivity index (χ4v) is 4.32. The molecule has 0 bridgehead atoms. The molecule has 0 N–H and O–H groups in total. The Morgan fingerprint density at radius 3 is 1.93 bits per heavy atom. The maximum atomic E-state index is 11.5. The van der Waals surface area contributed by atoms with Crippen LogP contribution in [0.5, 0.6) is 0 Å². The van der Waals surface area contributed by atoms with E-state index in [0.29, 0.717) is 6.54 Å². The highest BCUT2D eigenvalue weighted by Gasteiger charge is 2.32. The van der Waals surface area contributed by atoms with Gasteiger partial charge in [0.2, 0.25) is 10.0 Å². The van der Waals surface area contributed by atoms with Crippen LogP contribution in [-0.2, 0) is 10.0 Å². The fraction of sp³-hybridized carbons (Fsp3) is 1.00. The minimum atomic E-state index is -3.03. The second-order valence-electron chi connectivity index (χ2n) is 4.88. The van der Waals surface area contributed by atoms with Gasteiger partial charge in [-0.2, -0.15) is 14.5 Å². The van der Waals surface area contributed by atoms with E-state index >= 15 is 0 Å². The zero-order valence-electron chi connectivity index (χ0n) is 10.2. The minimum Gasteiger partial charge on any atom is -0.265 e. The maximum absolute atomic E-state index is 11.5. The molecule has 1 atom stereocenters. The number of piperazine rings is 1. The summed E-state index contributed by atoms with van der Waals surface area (Å²) in [4.78, 5) is 0. The molecule has 0 saturated carbocycles. The molecule has 1 saturated heterocycles. The summed E-state index contributed by atoms with van der Waals surface area (Å²) in [5.74, 6) is 0. The molecule has 0 aliphatic carbocycles. The highest BCUT2D eigenvalue weighted by atomic mass is 32.3. The normalized spacial score (nSPS) is 27.9. The summed E-state index contributed by atoms with van der Waals surface area (Å²) < 4.78 is 27.0. The zero-order chi connectivity index (χ0) is 11.9. The van der Waals surface area contributed by atoms with Crippen LogP contribution < -0.4 is 0 Å². The van der Waals surface area contributed by atoms with Gasteiger partial charge < -0.3 is 0 Å². The summed E-state index contributed by atoms with van der Waals surface area (Å²) in [6, 6.07) is 0.0977. The highest BCUT2D eigenvalue weighted by Crippen LogP contribution is 2.41. The van der Waals surface area contributed by atoms with E-state index in [1.54, 1.807) is 4.31 Å². The van der Waals surface area contributed by atoms with E-state index in [0.717, 1.165) is 13.1 Å². The van der Waals surface area contributed by atoms with Gasteiger partial charge in [0, 0.05) is 25.7 Å². The Kier molecular flexibility index (Phi) is 3.75. The second-order valence-corrected chi connectivity index (χ2v) is 10.9. The number of sulfonamides is 1. The van der Waals surface area contributed by atoms with E-state index in [4.69, 9.17) is 0 Å². The highest BCUT2D eigenvalue weighted by molar-refractivity contribution is 8.30. The molecule has 1 fully saturated rings. The summed E-state index contributed by atoms with van der Waals surface area (Å²) in [6.45, 7) is 4.32. The molecule has 15 heavy (non-hydrogen) atoms. The van der Waals surface area contributed by atoms with E-state index in [2.05, 4.69) is 23.1 Å². The number of nitrogens with zero attached hydrogens (tertiary/aromatic N) is 2. The Labute approximate surface area is 95.1 Å². The Morgan fingerprint density at radius 1 is 1.07 bits per heavy atom. The van der Waals surface area contributed by atoms with Gasteiger partial charge in [-0.1, -0.05) is 0 Å². The van der Waals surface area contributed by atoms with Crippen LogP contribution in [0.4, 0.5) is 0 Å². The Morgan fingerprint density at radius 2 is 1.60 bits per heavy atom. The predicted molar refractivity (Wildman–Crippen MR) is 67.9 cm³/mol. The fourth-order valence-electron chi connectivity index (χ4n) is 1.90. The molecule has 0 aromatic heterocycles. The van der Waals surface area contributed by atoms with E-state index in [1.807, 2.05) is 6.92 Å². The van der Waals surface area contributed by atoms with Crippen molar-refractivity contribution in [2.75, 3.05) is 44.7 Å². The second kappa shape index (κ2) is 4.24. The van der Waals surface area contributed by atoms with Crippen molar-refractivity contribution < 1.29 is 8.42 Å². The van der Waals surface area contributed by atoms with Gasteiger partial charge in [0.25, 0.3) is 0 Å². The molecular weight excluding hydrogens is 232 g/mol. The summed E-state index contributed by atoms with van der Waals surface area (Å²) in [6.07, 6.45) is 8.03. The first-order valence-corrected chi connectivity index (χ1v) is 9.69. The van der Waals surface area contributed by atoms with Crippen LogP contribution in [0.3, 0.4) is 0 Å². The molecule has 1 rings (SSSR count). The average molecular weight is 254 g/mol. The van der Waals surface area contributed by atoms with Gasteiger partial charge in [0.1, 0.15) is 0 Å². The van der Waals surface area contributed by atoms with Crippen LogP contribution in [0, 0.1) is 0 Å². The van der Waals surface area contributed by atoms with Gasteiger partial charge in [-0.25, -0.2) is 8.42 Å². The van der Waals surface area contributed by atoms with Gasteiger partial charge in [-0.15, -0.1) is 0 Å². The van der Waals surface area contributed by atoms with Crippen molar-refractivity contribution >= 4 is 20.2 Å². The number of hydrogen-bond donors (Lipinski definition) is 0. The van der Waals surface area contributed by atoms with E-state index in [1.165, 1.54) is 6.26 Å². The standard InChI is InChI=1S/C9H22N2O2S2/c1-9-8-10(14(2,3)4)6-7-11(9)15(5,12)13/h9H,6-8H2,1-5H3. The number of hydrogen-bond acceptors (Lipinski definition) is 3. The topological polar surface area (TPSA) is 40.6 Å². The molecule has 4 nitrogen and oxygen atoms in total. The molecule has 1 aliphatic heterocycles. The van der Waals surface area contributed by atoms with Crippen molar-refractivity contribution in [3.8, 4) is 0 Å². The van der Waals surface area contributed by atoms with Crippen molar-refractivity contribution in [2.45, 2.75) is 13.0 Å². The van der Waals surface area contributed by atoms with Crippen LogP contribution in [0.1, 0.15) is 6.92 Å². The Hall–Kier alpha value is 0.220. The first-order valence-electron chi connectivity index (χ1n) is 5.02. The van der Waals surface area contributed by atoms with Crippen molar-refractivity contribution in [1.82, 2.24) is 8.61 Å². The molecule has 0 amide bonds. The molecule has 6 heteroatoms. The Bertz CT molecular complexity index is 321. The first kappa shape index (κ1) is 13.3. The molecular formula is C9H22N2O2S2. The third-order valence-electron chi connectivity index (χ3n) is 2.73. The van der Waals surface area contributed by atoms with E-state index < -0.39 is 20.2 Å². The van der Waals surface area contributed by atoms with Gasteiger partial charge in [-0.05, 0) is 25.7 Å². The van der Waals surface area contributed by atoms with Crippen LogP contribution in [-0.4, -0.2) is 67.7 Å². The summed E-state index contributed by atoms with van der Waals surface area (Å²) >= 11 is 0. The van der Waals surface area contributed by atoms with Gasteiger partial charge >= 0.3 is 0 Å². The third kappa shape index (κ3) is 3.34. The summed E-state index contributed by atoms with van der Waals surface area (Å²) in [7, 11) is -3.74. The van der Waals surface area contributed by atoms with Crippen LogP contribution in [0.25, 0.3) is 0 Å². The first-order chi connectivity index (χ1) is 6.62. The largest absolute Gasteiger partial charge is 0.265 e. The molecule has 92 valence electrons. The molecule has 0 spiro atoms. The number of rotatable bonds is 2. The molecule has 1 heterocycles. The minimum absolute atomic E-state index is 0.0977. The molecule has 0 radical (unpaired) electrons. The molecule has 0 aromatic carbocycles. The lowest BCUT2D eigenvalue weighted by Gasteiger charge is -2.47. The van der Waals surface area contributed by atoms with Gasteiger partial charge in [-0.3, -0.25) is 4.31 Å². The van der Waals surface area contributed by atoms with Crippen LogP contribution in [0.2, 0.25) is 0 Å². The summed E-state index contributed by atoms with van der Waals surface area (Å²) in [5, 5.41) is 0. The van der Waals surface area contributed by atoms with Crippen molar-refractivity contribution in [1.29, 1.82) is 0 Å². The average Bonchev–Trinajstić information content (AvgIpc) is 1.99. The lowest BCUT2D eigenvalue weighted by molar-refractivity contribution is 0.222. The monoisotopic (exact) mass is 254 g/mol. The Balaban J connectivity index is 2.72.